The number of hydrogen-bond donors (Lipinski definition) is 0. The summed E-state index contributed by atoms with van der Waals surface area (Å²) in [6, 6.07) is 9.88. The number of nitrogens with zero attached hydrogens (tertiary/aromatic N) is 3. The molecule has 0 aliphatic heterocycles. The van der Waals surface area contributed by atoms with Crippen LogP contribution in [0.5, 0.6) is 0 Å². The van der Waals surface area contributed by atoms with Crippen molar-refractivity contribution in [3.05, 3.63) is 35.5 Å². The van der Waals surface area contributed by atoms with Crippen molar-refractivity contribution in [1.82, 2.24) is 4.98 Å². The van der Waals surface area contributed by atoms with Crippen LogP contribution in [-0.4, -0.2) is 18.6 Å². The van der Waals surface area contributed by atoms with Gasteiger partial charge in [-0.2, -0.15) is 5.26 Å². The van der Waals surface area contributed by atoms with E-state index >= 15 is 0 Å². The molecule has 0 amide bonds. The molecule has 1 aromatic carbocycles. The molecule has 18 heavy (non-hydrogen) atoms. The number of rotatable bonds is 3. The molecule has 0 radical (unpaired) electrons. The van der Waals surface area contributed by atoms with Crippen LogP contribution in [-0.2, 0) is 0 Å². The van der Waals surface area contributed by atoms with E-state index in [4.69, 9.17) is 16.9 Å². The molecule has 92 valence electrons. The molecule has 1 aromatic heterocycles. The van der Waals surface area contributed by atoms with Gasteiger partial charge in [-0.05, 0) is 31.2 Å². The normalized spacial score (nSPS) is 12.1. The van der Waals surface area contributed by atoms with Gasteiger partial charge in [-0.15, -0.1) is 0 Å². The Balaban J connectivity index is 2.42. The summed E-state index contributed by atoms with van der Waals surface area (Å²) in [6.45, 7) is 2.61. The van der Waals surface area contributed by atoms with Gasteiger partial charge < -0.3 is 4.90 Å². The Morgan fingerprint density at radius 3 is 2.94 bits per heavy atom. The Labute approximate surface area is 112 Å². The second-order valence-corrected chi connectivity index (χ2v) is 4.84. The molecule has 0 aliphatic carbocycles. The van der Waals surface area contributed by atoms with Gasteiger partial charge in [0.05, 0.1) is 17.5 Å². The second-order valence-electron chi connectivity index (χ2n) is 4.40. The first-order valence-electron chi connectivity index (χ1n) is 5.77. The minimum absolute atomic E-state index is 0.00878. The van der Waals surface area contributed by atoms with E-state index in [0.29, 0.717) is 11.6 Å². The number of nitriles is 1. The molecule has 0 bridgehead atoms. The van der Waals surface area contributed by atoms with Gasteiger partial charge in [0, 0.05) is 35.9 Å². The summed E-state index contributed by atoms with van der Waals surface area (Å²) in [5.74, 6) is -0.00878. The Hall–Kier alpha value is -1.79. The minimum atomic E-state index is -0.00878. The third-order valence-electron chi connectivity index (χ3n) is 2.86. The van der Waals surface area contributed by atoms with Crippen LogP contribution in [0.1, 0.15) is 6.92 Å². The third kappa shape index (κ3) is 2.55. The number of halogens is 1. The highest BCUT2D eigenvalue weighted by Crippen LogP contribution is 2.27. The quantitative estimate of drug-likeness (QED) is 0.847. The van der Waals surface area contributed by atoms with Crippen molar-refractivity contribution in [2.75, 3.05) is 18.5 Å². The van der Waals surface area contributed by atoms with Crippen LogP contribution in [0.25, 0.3) is 10.9 Å². The standard InChI is InChI=1S/C14H14ClN3/c1-10(8-16)9-18(2)14-5-6-17-13-7-11(15)3-4-12(13)14/h3-7,10H,9H2,1-2H3. The van der Waals surface area contributed by atoms with Crippen LogP contribution < -0.4 is 4.90 Å². The molecule has 0 aliphatic rings. The zero-order valence-electron chi connectivity index (χ0n) is 10.4. The van der Waals surface area contributed by atoms with E-state index in [0.717, 1.165) is 16.6 Å². The SMILES string of the molecule is CC(C#N)CN(C)c1ccnc2cc(Cl)ccc12. The van der Waals surface area contributed by atoms with E-state index in [-0.39, 0.29) is 5.92 Å². The molecule has 0 N–H and O–H groups in total. The number of anilines is 1. The van der Waals surface area contributed by atoms with E-state index in [9.17, 15) is 0 Å². The van der Waals surface area contributed by atoms with Gasteiger partial charge in [-0.3, -0.25) is 4.98 Å². The molecule has 1 heterocycles. The topological polar surface area (TPSA) is 39.9 Å². The lowest BCUT2D eigenvalue weighted by Crippen LogP contribution is -2.23. The van der Waals surface area contributed by atoms with Crippen molar-refractivity contribution < 1.29 is 0 Å². The Morgan fingerprint density at radius 1 is 1.44 bits per heavy atom. The number of benzene rings is 1. The molecular formula is C14H14ClN3. The van der Waals surface area contributed by atoms with Crippen molar-refractivity contribution in [1.29, 1.82) is 5.26 Å². The summed E-state index contributed by atoms with van der Waals surface area (Å²) < 4.78 is 0. The highest BCUT2D eigenvalue weighted by atomic mass is 35.5. The summed E-state index contributed by atoms with van der Waals surface area (Å²) >= 11 is 5.96. The fourth-order valence-electron chi connectivity index (χ4n) is 1.99. The largest absolute Gasteiger partial charge is 0.373 e. The second kappa shape index (κ2) is 5.24. The summed E-state index contributed by atoms with van der Waals surface area (Å²) in [4.78, 5) is 6.38. The molecule has 2 rings (SSSR count). The molecule has 0 saturated heterocycles. The molecule has 1 unspecified atom stereocenters. The van der Waals surface area contributed by atoms with Gasteiger partial charge in [0.25, 0.3) is 0 Å². The predicted molar refractivity (Wildman–Crippen MR) is 74.8 cm³/mol. The van der Waals surface area contributed by atoms with Crippen LogP contribution in [0, 0.1) is 17.2 Å². The fourth-order valence-corrected chi connectivity index (χ4v) is 2.16. The number of aromatic nitrogens is 1. The van der Waals surface area contributed by atoms with Crippen LogP contribution in [0.4, 0.5) is 5.69 Å². The van der Waals surface area contributed by atoms with Gasteiger partial charge in [0.2, 0.25) is 0 Å². The molecular weight excluding hydrogens is 246 g/mol. The Morgan fingerprint density at radius 2 is 2.22 bits per heavy atom. The maximum Gasteiger partial charge on any atom is 0.0737 e. The summed E-state index contributed by atoms with van der Waals surface area (Å²) in [5, 5.41) is 10.6. The van der Waals surface area contributed by atoms with Gasteiger partial charge in [0.15, 0.2) is 0 Å². The third-order valence-corrected chi connectivity index (χ3v) is 3.10. The summed E-state index contributed by atoms with van der Waals surface area (Å²) in [5.41, 5.74) is 1.94. The van der Waals surface area contributed by atoms with E-state index < -0.39 is 0 Å². The summed E-state index contributed by atoms with van der Waals surface area (Å²) in [7, 11) is 1.98. The van der Waals surface area contributed by atoms with E-state index in [1.807, 2.05) is 38.2 Å². The minimum Gasteiger partial charge on any atom is -0.373 e. The highest BCUT2D eigenvalue weighted by molar-refractivity contribution is 6.31. The predicted octanol–water partition coefficient (Wildman–Crippen LogP) is 3.48. The van der Waals surface area contributed by atoms with Crippen molar-refractivity contribution in [2.45, 2.75) is 6.92 Å². The highest BCUT2D eigenvalue weighted by Gasteiger charge is 2.10. The fraction of sp³-hybridized carbons (Fsp3) is 0.286. The maximum atomic E-state index is 8.87. The number of hydrogen-bond acceptors (Lipinski definition) is 3. The van der Waals surface area contributed by atoms with Crippen LogP contribution in [0.15, 0.2) is 30.5 Å². The Bertz CT molecular complexity index is 604. The van der Waals surface area contributed by atoms with Gasteiger partial charge in [-0.1, -0.05) is 11.6 Å². The lowest BCUT2D eigenvalue weighted by Gasteiger charge is -2.21. The van der Waals surface area contributed by atoms with Crippen LogP contribution in [0.3, 0.4) is 0 Å². The first kappa shape index (κ1) is 12.7. The molecule has 3 nitrogen and oxygen atoms in total. The average Bonchev–Trinajstić information content (AvgIpc) is 2.37. The molecule has 4 heteroatoms. The van der Waals surface area contributed by atoms with Gasteiger partial charge >= 0.3 is 0 Å². The van der Waals surface area contributed by atoms with E-state index in [2.05, 4.69) is 16.0 Å². The molecule has 0 spiro atoms. The summed E-state index contributed by atoms with van der Waals surface area (Å²) in [6.07, 6.45) is 1.77. The lowest BCUT2D eigenvalue weighted by atomic mass is 10.1. The first-order valence-corrected chi connectivity index (χ1v) is 6.14. The number of pyridine rings is 1. The lowest BCUT2D eigenvalue weighted by molar-refractivity contribution is 0.717. The monoisotopic (exact) mass is 259 g/mol. The Kier molecular flexibility index (Phi) is 3.69. The molecule has 0 saturated carbocycles. The van der Waals surface area contributed by atoms with Crippen molar-refractivity contribution in [2.24, 2.45) is 5.92 Å². The maximum absolute atomic E-state index is 8.87. The van der Waals surface area contributed by atoms with Gasteiger partial charge in [-0.25, -0.2) is 0 Å². The zero-order chi connectivity index (χ0) is 13.1. The molecule has 2 aromatic rings. The van der Waals surface area contributed by atoms with Crippen LogP contribution >= 0.6 is 11.6 Å². The van der Waals surface area contributed by atoms with Crippen molar-refractivity contribution in [3.8, 4) is 6.07 Å². The average molecular weight is 260 g/mol. The number of fused-ring (bicyclic) bond motifs is 1. The zero-order valence-corrected chi connectivity index (χ0v) is 11.1. The van der Waals surface area contributed by atoms with E-state index in [1.165, 1.54) is 0 Å². The van der Waals surface area contributed by atoms with Crippen molar-refractivity contribution in [3.63, 3.8) is 0 Å². The first-order chi connectivity index (χ1) is 8.61. The van der Waals surface area contributed by atoms with E-state index in [1.54, 1.807) is 6.20 Å². The van der Waals surface area contributed by atoms with Crippen molar-refractivity contribution >= 4 is 28.2 Å². The van der Waals surface area contributed by atoms with Gasteiger partial charge in [0.1, 0.15) is 0 Å². The smallest absolute Gasteiger partial charge is 0.0737 e. The molecule has 1 atom stereocenters. The molecule has 0 fully saturated rings. The van der Waals surface area contributed by atoms with Crippen LogP contribution in [0.2, 0.25) is 5.02 Å².